The summed E-state index contributed by atoms with van der Waals surface area (Å²) in [5, 5.41) is 11.0. The van der Waals surface area contributed by atoms with Gasteiger partial charge in [-0.05, 0) is 42.7 Å². The predicted molar refractivity (Wildman–Crippen MR) is 108 cm³/mol. The van der Waals surface area contributed by atoms with Crippen molar-refractivity contribution in [2.45, 2.75) is 44.2 Å². The van der Waals surface area contributed by atoms with Gasteiger partial charge in [0.25, 0.3) is 11.7 Å². The molecule has 2 aromatic rings. The number of ether oxygens (including phenoxy) is 1. The third kappa shape index (κ3) is 3.50. The van der Waals surface area contributed by atoms with Gasteiger partial charge in [-0.25, -0.2) is 0 Å². The van der Waals surface area contributed by atoms with Crippen molar-refractivity contribution >= 4 is 17.4 Å². The Kier molecular flexibility index (Phi) is 5.34. The predicted octanol–water partition coefficient (Wildman–Crippen LogP) is 3.84. The highest BCUT2D eigenvalue weighted by Gasteiger charge is 2.48. The van der Waals surface area contributed by atoms with E-state index in [0.717, 1.165) is 37.7 Å². The first-order chi connectivity index (χ1) is 14.1. The molecule has 1 aliphatic heterocycles. The Morgan fingerprint density at radius 3 is 2.52 bits per heavy atom. The van der Waals surface area contributed by atoms with E-state index in [9.17, 15) is 14.7 Å². The third-order valence-corrected chi connectivity index (χ3v) is 5.81. The Balaban J connectivity index is 1.88. The number of hydrogen-bond acceptors (Lipinski definition) is 5. The van der Waals surface area contributed by atoms with Gasteiger partial charge >= 0.3 is 0 Å². The molecule has 2 heterocycles. The van der Waals surface area contributed by atoms with Crippen molar-refractivity contribution in [3.63, 3.8) is 0 Å². The maximum atomic E-state index is 13.1. The van der Waals surface area contributed by atoms with Crippen LogP contribution in [0.15, 0.2) is 54.4 Å². The van der Waals surface area contributed by atoms with Gasteiger partial charge in [0.15, 0.2) is 0 Å². The summed E-state index contributed by atoms with van der Waals surface area (Å²) < 4.78 is 5.35. The average Bonchev–Trinajstić information content (AvgIpc) is 3.05. The molecule has 150 valence electrons. The minimum absolute atomic E-state index is 0.0147. The summed E-state index contributed by atoms with van der Waals surface area (Å²) in [5.41, 5.74) is 1.35. The second-order valence-corrected chi connectivity index (χ2v) is 7.51. The normalized spacial score (nSPS) is 22.1. The summed E-state index contributed by atoms with van der Waals surface area (Å²) in [6.07, 6.45) is 8.03. The molecule has 1 N–H and O–H groups in total. The van der Waals surface area contributed by atoms with Crippen LogP contribution in [0.5, 0.6) is 5.75 Å². The molecule has 1 aliphatic carbocycles. The van der Waals surface area contributed by atoms with Crippen LogP contribution in [0.3, 0.4) is 0 Å². The van der Waals surface area contributed by atoms with Gasteiger partial charge in [-0.15, -0.1) is 0 Å². The summed E-state index contributed by atoms with van der Waals surface area (Å²) in [7, 11) is 1.58. The van der Waals surface area contributed by atoms with E-state index in [1.165, 1.54) is 0 Å². The lowest BCUT2D eigenvalue weighted by Crippen LogP contribution is -2.40. The molecule has 1 atom stereocenters. The van der Waals surface area contributed by atoms with Crippen molar-refractivity contribution < 1.29 is 19.4 Å². The molecule has 0 spiro atoms. The zero-order chi connectivity index (χ0) is 20.4. The summed E-state index contributed by atoms with van der Waals surface area (Å²) in [6.45, 7) is 0. The fourth-order valence-corrected chi connectivity index (χ4v) is 4.39. The molecule has 1 aromatic carbocycles. The van der Waals surface area contributed by atoms with E-state index < -0.39 is 17.7 Å². The Morgan fingerprint density at radius 1 is 1.10 bits per heavy atom. The molecule has 1 unspecified atom stereocenters. The first-order valence-corrected chi connectivity index (χ1v) is 9.96. The van der Waals surface area contributed by atoms with Crippen LogP contribution in [0.25, 0.3) is 5.76 Å². The molecule has 1 saturated heterocycles. The smallest absolute Gasteiger partial charge is 0.295 e. The molecule has 6 heteroatoms. The number of aliphatic hydroxyl groups excluding tert-OH is 1. The van der Waals surface area contributed by atoms with E-state index in [4.69, 9.17) is 4.74 Å². The molecule has 1 amide bonds. The largest absolute Gasteiger partial charge is 0.507 e. The van der Waals surface area contributed by atoms with Crippen molar-refractivity contribution in [3.8, 4) is 5.75 Å². The van der Waals surface area contributed by atoms with Gasteiger partial charge in [-0.2, -0.15) is 0 Å². The first-order valence-electron chi connectivity index (χ1n) is 9.96. The molecule has 29 heavy (non-hydrogen) atoms. The topological polar surface area (TPSA) is 79.7 Å². The maximum absolute atomic E-state index is 13.1. The quantitative estimate of drug-likeness (QED) is 0.486. The van der Waals surface area contributed by atoms with E-state index >= 15 is 0 Å². The lowest BCUT2D eigenvalue weighted by molar-refractivity contribution is -0.141. The Bertz CT molecular complexity index is 948. The molecular formula is C23H24N2O4. The van der Waals surface area contributed by atoms with E-state index in [1.54, 1.807) is 36.5 Å². The number of carbonyl (C=O) groups excluding carboxylic acids is 2. The van der Waals surface area contributed by atoms with Crippen LogP contribution in [-0.4, -0.2) is 39.8 Å². The van der Waals surface area contributed by atoms with Crippen LogP contribution >= 0.6 is 0 Å². The second kappa shape index (κ2) is 8.07. The minimum Gasteiger partial charge on any atom is -0.507 e. The molecule has 1 saturated carbocycles. The number of carbonyl (C=O) groups is 2. The van der Waals surface area contributed by atoms with Crippen LogP contribution in [0.2, 0.25) is 0 Å². The van der Waals surface area contributed by atoms with Gasteiger partial charge in [0.1, 0.15) is 11.5 Å². The zero-order valence-corrected chi connectivity index (χ0v) is 16.4. The number of ketones is 1. The highest BCUT2D eigenvalue weighted by Crippen LogP contribution is 2.43. The Hall–Kier alpha value is -3.15. The first kappa shape index (κ1) is 19.2. The number of Topliss-reactive ketones (excluding diaryl/α,β-unsaturated/α-hetero) is 1. The number of benzene rings is 1. The molecule has 2 aliphatic rings. The standard InChI is InChI=1S/C23H24N2O4/c1-29-18-9-5-6-16(14-18)20-19(21(26)15-10-12-24-13-11-15)22(27)23(28)25(20)17-7-3-2-4-8-17/h5-6,9-14,17,20,26H,2-4,7-8H2,1H3/b21-19-. The molecular weight excluding hydrogens is 368 g/mol. The van der Waals surface area contributed by atoms with Crippen LogP contribution in [-0.2, 0) is 9.59 Å². The molecule has 1 aromatic heterocycles. The summed E-state index contributed by atoms with van der Waals surface area (Å²) in [6, 6.07) is 9.96. The lowest BCUT2D eigenvalue weighted by atomic mass is 9.91. The van der Waals surface area contributed by atoms with Gasteiger partial charge in [-0.3, -0.25) is 14.6 Å². The van der Waals surface area contributed by atoms with Gasteiger partial charge < -0.3 is 14.7 Å². The molecule has 0 radical (unpaired) electrons. The second-order valence-electron chi connectivity index (χ2n) is 7.51. The van der Waals surface area contributed by atoms with E-state index in [-0.39, 0.29) is 17.4 Å². The highest BCUT2D eigenvalue weighted by atomic mass is 16.5. The van der Waals surface area contributed by atoms with Crippen molar-refractivity contribution in [1.29, 1.82) is 0 Å². The number of nitrogens with zero attached hydrogens (tertiary/aromatic N) is 2. The number of likely N-dealkylation sites (tertiary alicyclic amines) is 1. The third-order valence-electron chi connectivity index (χ3n) is 5.81. The lowest BCUT2D eigenvalue weighted by Gasteiger charge is -2.35. The molecule has 6 nitrogen and oxygen atoms in total. The van der Waals surface area contributed by atoms with Gasteiger partial charge in [0.2, 0.25) is 0 Å². The van der Waals surface area contributed by atoms with Crippen molar-refractivity contribution in [1.82, 2.24) is 9.88 Å². The van der Waals surface area contributed by atoms with Crippen LogP contribution in [0.4, 0.5) is 0 Å². The highest BCUT2D eigenvalue weighted by molar-refractivity contribution is 6.46. The number of aliphatic hydroxyl groups is 1. The number of amides is 1. The van der Waals surface area contributed by atoms with E-state index in [0.29, 0.717) is 11.3 Å². The minimum atomic E-state index is -0.641. The molecule has 0 bridgehead atoms. The van der Waals surface area contributed by atoms with Crippen LogP contribution < -0.4 is 4.74 Å². The summed E-state index contributed by atoms with van der Waals surface area (Å²) in [5.74, 6) is -0.712. The summed E-state index contributed by atoms with van der Waals surface area (Å²) in [4.78, 5) is 31.8. The molecule has 4 rings (SSSR count). The summed E-state index contributed by atoms with van der Waals surface area (Å²) >= 11 is 0. The van der Waals surface area contributed by atoms with Crippen LogP contribution in [0.1, 0.15) is 49.3 Å². The zero-order valence-electron chi connectivity index (χ0n) is 16.4. The number of aromatic nitrogens is 1. The number of rotatable bonds is 4. The fourth-order valence-electron chi connectivity index (χ4n) is 4.39. The van der Waals surface area contributed by atoms with Crippen molar-refractivity contribution in [3.05, 3.63) is 65.5 Å². The van der Waals surface area contributed by atoms with Gasteiger partial charge in [-0.1, -0.05) is 31.4 Å². The monoisotopic (exact) mass is 392 g/mol. The molecule has 2 fully saturated rings. The number of hydrogen-bond donors (Lipinski definition) is 1. The van der Waals surface area contributed by atoms with Crippen molar-refractivity contribution in [2.24, 2.45) is 0 Å². The fraction of sp³-hybridized carbons (Fsp3) is 0.348. The maximum Gasteiger partial charge on any atom is 0.295 e. The van der Waals surface area contributed by atoms with Gasteiger partial charge in [0.05, 0.1) is 18.7 Å². The van der Waals surface area contributed by atoms with Gasteiger partial charge in [0, 0.05) is 24.0 Å². The van der Waals surface area contributed by atoms with E-state index in [2.05, 4.69) is 4.98 Å². The SMILES string of the molecule is COc1cccc(C2/C(=C(/O)c3ccncc3)C(=O)C(=O)N2C2CCCCC2)c1. The van der Waals surface area contributed by atoms with Crippen LogP contribution in [0, 0.1) is 0 Å². The number of methoxy groups -OCH3 is 1. The Labute approximate surface area is 169 Å². The Morgan fingerprint density at radius 2 is 1.83 bits per heavy atom. The van der Waals surface area contributed by atoms with E-state index in [1.807, 2.05) is 24.3 Å². The van der Waals surface area contributed by atoms with Crippen molar-refractivity contribution in [2.75, 3.05) is 7.11 Å². The number of pyridine rings is 1. The average molecular weight is 392 g/mol.